The van der Waals surface area contributed by atoms with E-state index in [0.29, 0.717) is 18.2 Å². The number of hydrogen-bond donors (Lipinski definition) is 1. The second kappa shape index (κ2) is 5.07. The molecule has 1 unspecified atom stereocenters. The van der Waals surface area contributed by atoms with E-state index in [1.165, 1.54) is 0 Å². The van der Waals surface area contributed by atoms with E-state index in [2.05, 4.69) is 15.9 Å². The summed E-state index contributed by atoms with van der Waals surface area (Å²) in [7, 11) is 0. The molecule has 0 bridgehead atoms. The molecule has 0 rings (SSSR count). The van der Waals surface area contributed by atoms with Crippen LogP contribution in [-0.4, -0.2) is 16.5 Å². The second-order valence-corrected chi connectivity index (χ2v) is 2.15. The Hall–Kier alpha value is -0.0700. The molecule has 0 saturated heterocycles. The zero-order chi connectivity index (χ0) is 6.41. The third-order valence-corrected chi connectivity index (χ3v) is 1.51. The number of aliphatic hydroxyl groups is 1. The van der Waals surface area contributed by atoms with Gasteiger partial charge in [0.2, 0.25) is 0 Å². The van der Waals surface area contributed by atoms with Crippen molar-refractivity contribution in [2.75, 3.05) is 5.33 Å². The molecule has 0 aromatic rings. The van der Waals surface area contributed by atoms with E-state index in [0.717, 1.165) is 0 Å². The molecule has 1 atom stereocenters. The fourth-order valence-electron chi connectivity index (χ4n) is 0.308. The summed E-state index contributed by atoms with van der Waals surface area (Å²) in [6.07, 6.45) is 0.656. The monoisotopic (exact) mass is 177 g/mol. The third kappa shape index (κ3) is 4.10. The number of halogens is 1. The van der Waals surface area contributed by atoms with Crippen LogP contribution in [0.3, 0.4) is 0 Å². The van der Waals surface area contributed by atoms with Gasteiger partial charge in [-0.15, -0.1) is 0 Å². The van der Waals surface area contributed by atoms with E-state index in [9.17, 15) is 0 Å². The molecule has 0 aliphatic rings. The number of nitriles is 1. The van der Waals surface area contributed by atoms with Gasteiger partial charge in [0.25, 0.3) is 0 Å². The summed E-state index contributed by atoms with van der Waals surface area (Å²) in [4.78, 5) is 0. The molecule has 0 aromatic carbocycles. The molecular formula is C5H8BrNO. The number of alkyl halides is 1. The average molecular weight is 178 g/mol. The van der Waals surface area contributed by atoms with Crippen molar-refractivity contribution < 1.29 is 5.11 Å². The zero-order valence-electron chi connectivity index (χ0n) is 4.47. The van der Waals surface area contributed by atoms with Crippen molar-refractivity contribution in [1.82, 2.24) is 0 Å². The second-order valence-electron chi connectivity index (χ2n) is 1.50. The molecule has 0 aromatic heterocycles. The molecule has 0 spiro atoms. The zero-order valence-corrected chi connectivity index (χ0v) is 6.06. The molecule has 0 amide bonds. The summed E-state index contributed by atoms with van der Waals surface area (Å²) in [6.45, 7) is 0. The largest absolute Gasteiger partial charge is 0.392 e. The van der Waals surface area contributed by atoms with Crippen LogP contribution in [0.2, 0.25) is 0 Å². The first-order valence-corrected chi connectivity index (χ1v) is 3.54. The summed E-state index contributed by atoms with van der Waals surface area (Å²) in [5.41, 5.74) is 0. The molecule has 2 nitrogen and oxygen atoms in total. The van der Waals surface area contributed by atoms with Gasteiger partial charge in [-0.05, 0) is 6.42 Å². The van der Waals surface area contributed by atoms with Crippen molar-refractivity contribution in [3.63, 3.8) is 0 Å². The Morgan fingerprint density at radius 1 is 1.75 bits per heavy atom. The Balaban J connectivity index is 3.01. The van der Waals surface area contributed by atoms with Crippen LogP contribution >= 0.6 is 15.9 Å². The lowest BCUT2D eigenvalue weighted by molar-refractivity contribution is 0.192. The molecule has 0 aliphatic heterocycles. The van der Waals surface area contributed by atoms with E-state index in [-0.39, 0.29) is 6.10 Å². The standard InChI is InChI=1S/C5H8BrNO/c6-4-5(8)2-1-3-7/h5,8H,1-2,4H2. The predicted octanol–water partition coefficient (Wildman–Crippen LogP) is 1.05. The maximum Gasteiger partial charge on any atom is 0.0646 e. The molecule has 0 heterocycles. The Morgan fingerprint density at radius 2 is 2.38 bits per heavy atom. The van der Waals surface area contributed by atoms with Gasteiger partial charge in [-0.1, -0.05) is 15.9 Å². The molecule has 8 heavy (non-hydrogen) atoms. The quantitative estimate of drug-likeness (QED) is 0.656. The summed E-state index contributed by atoms with van der Waals surface area (Å²) in [5, 5.41) is 17.4. The molecule has 0 radical (unpaired) electrons. The minimum atomic E-state index is -0.352. The minimum absolute atomic E-state index is 0.352. The molecule has 1 N–H and O–H groups in total. The Kier molecular flexibility index (Phi) is 5.03. The van der Waals surface area contributed by atoms with Gasteiger partial charge in [0.05, 0.1) is 12.2 Å². The highest BCUT2D eigenvalue weighted by molar-refractivity contribution is 9.09. The molecule has 0 saturated carbocycles. The maximum absolute atomic E-state index is 8.79. The van der Waals surface area contributed by atoms with E-state index < -0.39 is 0 Å². The number of rotatable bonds is 3. The van der Waals surface area contributed by atoms with Gasteiger partial charge in [-0.3, -0.25) is 0 Å². The Morgan fingerprint density at radius 3 is 2.75 bits per heavy atom. The van der Waals surface area contributed by atoms with Crippen LogP contribution in [0, 0.1) is 11.3 Å². The molecule has 3 heteroatoms. The van der Waals surface area contributed by atoms with Gasteiger partial charge in [0, 0.05) is 11.8 Å². The van der Waals surface area contributed by atoms with E-state index >= 15 is 0 Å². The first kappa shape index (κ1) is 7.93. The van der Waals surface area contributed by atoms with Crippen molar-refractivity contribution >= 4 is 15.9 Å². The third-order valence-electron chi connectivity index (χ3n) is 0.767. The fourth-order valence-corrected chi connectivity index (χ4v) is 0.632. The van der Waals surface area contributed by atoms with Gasteiger partial charge in [0.1, 0.15) is 0 Å². The van der Waals surface area contributed by atoms with Crippen molar-refractivity contribution in [2.45, 2.75) is 18.9 Å². The first-order chi connectivity index (χ1) is 3.81. The predicted molar refractivity (Wildman–Crippen MR) is 34.6 cm³/mol. The van der Waals surface area contributed by atoms with Crippen LogP contribution in [0.25, 0.3) is 0 Å². The normalized spacial score (nSPS) is 12.6. The van der Waals surface area contributed by atoms with Crippen LogP contribution in [0.15, 0.2) is 0 Å². The van der Waals surface area contributed by atoms with Gasteiger partial charge >= 0.3 is 0 Å². The number of hydrogen-bond acceptors (Lipinski definition) is 2. The van der Waals surface area contributed by atoms with Crippen molar-refractivity contribution in [1.29, 1.82) is 5.26 Å². The topological polar surface area (TPSA) is 44.0 Å². The van der Waals surface area contributed by atoms with Gasteiger partial charge in [-0.25, -0.2) is 0 Å². The smallest absolute Gasteiger partial charge is 0.0646 e. The summed E-state index contributed by atoms with van der Waals surface area (Å²) in [6, 6.07) is 1.95. The van der Waals surface area contributed by atoms with E-state index in [4.69, 9.17) is 10.4 Å². The van der Waals surface area contributed by atoms with Crippen LogP contribution in [0.5, 0.6) is 0 Å². The molecular weight excluding hydrogens is 170 g/mol. The molecule has 46 valence electrons. The van der Waals surface area contributed by atoms with Gasteiger partial charge < -0.3 is 5.11 Å². The highest BCUT2D eigenvalue weighted by atomic mass is 79.9. The number of aliphatic hydroxyl groups excluding tert-OH is 1. The lowest BCUT2D eigenvalue weighted by atomic mass is 10.2. The van der Waals surface area contributed by atoms with Gasteiger partial charge in [0.15, 0.2) is 0 Å². The minimum Gasteiger partial charge on any atom is -0.392 e. The molecule has 0 fully saturated rings. The lowest BCUT2D eigenvalue weighted by Gasteiger charge is -1.99. The van der Waals surface area contributed by atoms with Gasteiger partial charge in [-0.2, -0.15) is 5.26 Å². The Bertz CT molecular complexity index is 88.9. The van der Waals surface area contributed by atoms with Crippen LogP contribution in [0.4, 0.5) is 0 Å². The highest BCUT2D eigenvalue weighted by Crippen LogP contribution is 1.98. The maximum atomic E-state index is 8.79. The van der Waals surface area contributed by atoms with E-state index in [1.807, 2.05) is 6.07 Å². The first-order valence-electron chi connectivity index (χ1n) is 2.42. The SMILES string of the molecule is N#CCCC(O)CBr. The molecule has 0 aliphatic carbocycles. The van der Waals surface area contributed by atoms with Crippen LogP contribution < -0.4 is 0 Å². The van der Waals surface area contributed by atoms with Crippen molar-refractivity contribution in [3.05, 3.63) is 0 Å². The summed E-state index contributed by atoms with van der Waals surface area (Å²) < 4.78 is 0. The fraction of sp³-hybridized carbons (Fsp3) is 0.800. The number of nitrogens with zero attached hydrogens (tertiary/aromatic N) is 1. The highest BCUT2D eigenvalue weighted by Gasteiger charge is 1.98. The van der Waals surface area contributed by atoms with Crippen molar-refractivity contribution in [3.8, 4) is 6.07 Å². The lowest BCUT2D eigenvalue weighted by Crippen LogP contribution is -2.06. The summed E-state index contributed by atoms with van der Waals surface area (Å²) >= 11 is 3.09. The average Bonchev–Trinajstić information content (AvgIpc) is 1.83. The van der Waals surface area contributed by atoms with Crippen LogP contribution in [0.1, 0.15) is 12.8 Å². The Labute approximate surface area is 57.3 Å². The summed E-state index contributed by atoms with van der Waals surface area (Å²) in [5.74, 6) is 0. The van der Waals surface area contributed by atoms with Crippen LogP contribution in [-0.2, 0) is 0 Å². The van der Waals surface area contributed by atoms with E-state index in [1.54, 1.807) is 0 Å². The van der Waals surface area contributed by atoms with Crippen molar-refractivity contribution in [2.24, 2.45) is 0 Å².